The minimum Gasteiger partial charge on any atom is -0.376 e. The van der Waals surface area contributed by atoms with E-state index in [1.165, 1.54) is 7.11 Å². The molecule has 0 radical (unpaired) electrons. The predicted octanol–water partition coefficient (Wildman–Crippen LogP) is -0.461. The van der Waals surface area contributed by atoms with Crippen molar-refractivity contribution in [3.63, 3.8) is 0 Å². The number of rotatable bonds is 2. The number of hydrogen-bond donors (Lipinski definition) is 1. The topological polar surface area (TPSA) is 69.4 Å². The van der Waals surface area contributed by atoms with Crippen LogP contribution in [0.2, 0.25) is 0 Å². The van der Waals surface area contributed by atoms with E-state index in [1.54, 1.807) is 0 Å². The molecule has 1 rings (SSSR count). The number of methoxy groups -OCH3 is 1. The van der Waals surface area contributed by atoms with Gasteiger partial charge in [-0.05, 0) is 12.8 Å². The van der Waals surface area contributed by atoms with Gasteiger partial charge in [0.15, 0.2) is 9.84 Å². The summed E-state index contributed by atoms with van der Waals surface area (Å²) in [5.74, 6) is 0.352. The molecule has 12 heavy (non-hydrogen) atoms. The quantitative estimate of drug-likeness (QED) is 0.644. The van der Waals surface area contributed by atoms with Crippen LogP contribution in [0.3, 0.4) is 0 Å². The van der Waals surface area contributed by atoms with Crippen molar-refractivity contribution in [3.05, 3.63) is 0 Å². The highest BCUT2D eigenvalue weighted by atomic mass is 32.2. The summed E-state index contributed by atoms with van der Waals surface area (Å²) in [6, 6.07) is 0. The zero-order valence-corrected chi connectivity index (χ0v) is 8.06. The summed E-state index contributed by atoms with van der Waals surface area (Å²) in [7, 11) is -1.40. The molecule has 0 aromatic rings. The number of ether oxygens (including phenoxy) is 1. The summed E-state index contributed by atoms with van der Waals surface area (Å²) in [6.07, 6.45) is 1.41. The van der Waals surface area contributed by atoms with Crippen LogP contribution in [0.4, 0.5) is 0 Å². The Morgan fingerprint density at radius 1 is 1.58 bits per heavy atom. The van der Waals surface area contributed by atoms with Gasteiger partial charge in [-0.15, -0.1) is 0 Å². The minimum atomic E-state index is -2.92. The lowest BCUT2D eigenvalue weighted by Crippen LogP contribution is -2.49. The average Bonchev–Trinajstić information content (AvgIpc) is 2.02. The Morgan fingerprint density at radius 3 is 2.58 bits per heavy atom. The van der Waals surface area contributed by atoms with Gasteiger partial charge in [0.05, 0.1) is 17.1 Å². The standard InChI is InChI=1S/C7H15NO3S/c1-11-7(5-8)3-2-4-12(9,10)6-7/h2-6,8H2,1H3. The molecule has 0 saturated carbocycles. The van der Waals surface area contributed by atoms with E-state index in [4.69, 9.17) is 10.5 Å². The molecule has 4 nitrogen and oxygen atoms in total. The van der Waals surface area contributed by atoms with E-state index in [1.807, 2.05) is 0 Å². The van der Waals surface area contributed by atoms with Crippen molar-refractivity contribution in [1.82, 2.24) is 0 Å². The molecule has 0 spiro atoms. The SMILES string of the molecule is COC1(CN)CCCS(=O)(=O)C1. The van der Waals surface area contributed by atoms with E-state index in [0.717, 1.165) is 6.42 Å². The van der Waals surface area contributed by atoms with Crippen LogP contribution in [0.15, 0.2) is 0 Å². The van der Waals surface area contributed by atoms with Crippen molar-refractivity contribution in [2.45, 2.75) is 18.4 Å². The first-order valence-electron chi connectivity index (χ1n) is 3.99. The predicted molar refractivity (Wildman–Crippen MR) is 46.7 cm³/mol. The fourth-order valence-electron chi connectivity index (χ4n) is 1.56. The van der Waals surface area contributed by atoms with Crippen LogP contribution in [0, 0.1) is 0 Å². The molecule has 1 aliphatic heterocycles. The molecule has 0 bridgehead atoms. The van der Waals surface area contributed by atoms with Gasteiger partial charge in [-0.1, -0.05) is 0 Å². The highest BCUT2D eigenvalue weighted by Gasteiger charge is 2.37. The molecule has 1 saturated heterocycles. The van der Waals surface area contributed by atoms with Gasteiger partial charge in [-0.25, -0.2) is 8.42 Å². The second-order valence-electron chi connectivity index (χ2n) is 3.29. The van der Waals surface area contributed by atoms with Gasteiger partial charge in [0.1, 0.15) is 0 Å². The van der Waals surface area contributed by atoms with E-state index < -0.39 is 15.4 Å². The van der Waals surface area contributed by atoms with E-state index in [9.17, 15) is 8.42 Å². The fourth-order valence-corrected chi connectivity index (χ4v) is 3.47. The first-order valence-corrected chi connectivity index (χ1v) is 5.81. The number of sulfone groups is 1. The molecule has 1 unspecified atom stereocenters. The maximum absolute atomic E-state index is 11.2. The first-order chi connectivity index (χ1) is 5.54. The molecule has 0 aromatic heterocycles. The van der Waals surface area contributed by atoms with Gasteiger partial charge in [0.2, 0.25) is 0 Å². The third-order valence-corrected chi connectivity index (χ3v) is 4.25. The van der Waals surface area contributed by atoms with Crippen LogP contribution >= 0.6 is 0 Å². The Balaban J connectivity index is 2.79. The Bertz CT molecular complexity index is 243. The van der Waals surface area contributed by atoms with Crippen molar-refractivity contribution in [1.29, 1.82) is 0 Å². The average molecular weight is 193 g/mol. The lowest BCUT2D eigenvalue weighted by atomic mass is 10.0. The second kappa shape index (κ2) is 3.32. The molecule has 5 heteroatoms. The summed E-state index contributed by atoms with van der Waals surface area (Å²) in [6.45, 7) is 0.280. The van der Waals surface area contributed by atoms with E-state index >= 15 is 0 Å². The van der Waals surface area contributed by atoms with E-state index in [0.29, 0.717) is 6.42 Å². The zero-order valence-electron chi connectivity index (χ0n) is 7.25. The molecular formula is C7H15NO3S. The molecule has 1 aliphatic rings. The van der Waals surface area contributed by atoms with Crippen LogP contribution in [0.5, 0.6) is 0 Å². The molecule has 0 amide bonds. The van der Waals surface area contributed by atoms with Crippen molar-refractivity contribution in [3.8, 4) is 0 Å². The summed E-state index contributed by atoms with van der Waals surface area (Å²) < 4.78 is 27.7. The van der Waals surface area contributed by atoms with Gasteiger partial charge < -0.3 is 10.5 Å². The van der Waals surface area contributed by atoms with Gasteiger partial charge in [-0.3, -0.25) is 0 Å². The van der Waals surface area contributed by atoms with E-state index in [-0.39, 0.29) is 18.1 Å². The summed E-state index contributed by atoms with van der Waals surface area (Å²) in [5.41, 5.74) is 4.87. The molecule has 1 heterocycles. The van der Waals surface area contributed by atoms with Crippen LogP contribution in [0.1, 0.15) is 12.8 Å². The largest absolute Gasteiger partial charge is 0.376 e. The van der Waals surface area contributed by atoms with Crippen molar-refractivity contribution in [2.24, 2.45) is 5.73 Å². The number of hydrogen-bond acceptors (Lipinski definition) is 4. The Hall–Kier alpha value is -0.130. The van der Waals surface area contributed by atoms with Gasteiger partial charge >= 0.3 is 0 Å². The highest BCUT2D eigenvalue weighted by Crippen LogP contribution is 2.24. The molecule has 0 aromatic carbocycles. The monoisotopic (exact) mass is 193 g/mol. The Morgan fingerprint density at radius 2 is 2.25 bits per heavy atom. The molecule has 72 valence electrons. The van der Waals surface area contributed by atoms with Crippen molar-refractivity contribution in [2.75, 3.05) is 25.2 Å². The molecule has 1 fully saturated rings. The van der Waals surface area contributed by atoms with Crippen molar-refractivity contribution < 1.29 is 13.2 Å². The summed E-state index contributed by atoms with van der Waals surface area (Å²) in [5, 5.41) is 0. The normalized spacial score (nSPS) is 34.8. The van der Waals surface area contributed by atoms with Gasteiger partial charge in [-0.2, -0.15) is 0 Å². The maximum Gasteiger partial charge on any atom is 0.153 e. The van der Waals surface area contributed by atoms with Crippen LogP contribution in [-0.2, 0) is 14.6 Å². The molecule has 1 atom stereocenters. The number of nitrogens with two attached hydrogens (primary N) is 1. The van der Waals surface area contributed by atoms with Crippen LogP contribution in [0.25, 0.3) is 0 Å². The minimum absolute atomic E-state index is 0.0764. The van der Waals surface area contributed by atoms with Crippen molar-refractivity contribution >= 4 is 9.84 Å². The lowest BCUT2D eigenvalue weighted by molar-refractivity contribution is 0.00636. The van der Waals surface area contributed by atoms with Gasteiger partial charge in [0.25, 0.3) is 0 Å². The summed E-state index contributed by atoms with van der Waals surface area (Å²) >= 11 is 0. The molecule has 2 N–H and O–H groups in total. The smallest absolute Gasteiger partial charge is 0.153 e. The fraction of sp³-hybridized carbons (Fsp3) is 1.00. The first kappa shape index (κ1) is 9.95. The lowest BCUT2D eigenvalue weighted by Gasteiger charge is -2.34. The Kier molecular flexibility index (Phi) is 2.75. The maximum atomic E-state index is 11.2. The third-order valence-electron chi connectivity index (χ3n) is 2.38. The zero-order chi connectivity index (χ0) is 9.24. The third kappa shape index (κ3) is 1.97. The van der Waals surface area contributed by atoms with Crippen LogP contribution < -0.4 is 5.73 Å². The second-order valence-corrected chi connectivity index (χ2v) is 5.47. The van der Waals surface area contributed by atoms with Gasteiger partial charge in [0, 0.05) is 13.7 Å². The highest BCUT2D eigenvalue weighted by molar-refractivity contribution is 7.91. The molecule has 0 aliphatic carbocycles. The Labute approximate surface area is 73.0 Å². The van der Waals surface area contributed by atoms with E-state index in [2.05, 4.69) is 0 Å². The molecular weight excluding hydrogens is 178 g/mol. The summed E-state index contributed by atoms with van der Waals surface area (Å²) in [4.78, 5) is 0. The van der Waals surface area contributed by atoms with Crippen LogP contribution in [-0.4, -0.2) is 39.2 Å².